The van der Waals surface area contributed by atoms with Gasteiger partial charge < -0.3 is 0 Å². The molecule has 2 unspecified atom stereocenters. The van der Waals surface area contributed by atoms with Crippen LogP contribution >= 0.6 is 15.9 Å². The summed E-state index contributed by atoms with van der Waals surface area (Å²) in [5.74, 6) is 0.0277. The van der Waals surface area contributed by atoms with Crippen molar-refractivity contribution in [3.05, 3.63) is 107 Å². The lowest BCUT2D eigenvalue weighted by Gasteiger charge is -2.40. The second kappa shape index (κ2) is 6.55. The van der Waals surface area contributed by atoms with Gasteiger partial charge in [-0.05, 0) is 35.2 Å². The van der Waals surface area contributed by atoms with E-state index in [1.165, 1.54) is 0 Å². The molecule has 0 aliphatic heterocycles. The average Bonchev–Trinajstić information content (AvgIpc) is 2.71. The molecule has 0 spiro atoms. The standard InChI is InChI=1S/C23H16BrNO/c24-23(19-7-2-1-3-8-19)21(17-12-10-16(15-25)11-13-17)14-18-6-4-5-9-20(18)22(23)26/h1-13,21H,14H2. The summed E-state index contributed by atoms with van der Waals surface area (Å²) in [4.78, 5) is 13.5. The molecule has 3 aromatic carbocycles. The molecule has 0 saturated heterocycles. The van der Waals surface area contributed by atoms with Crippen LogP contribution in [0.25, 0.3) is 0 Å². The summed E-state index contributed by atoms with van der Waals surface area (Å²) in [6.07, 6.45) is 0.758. The Bertz CT molecular complexity index is 1000. The third-order valence-electron chi connectivity index (χ3n) is 5.13. The lowest BCUT2D eigenvalue weighted by atomic mass is 9.69. The molecule has 1 aliphatic rings. The Balaban J connectivity index is 1.92. The number of alkyl halides is 1. The van der Waals surface area contributed by atoms with Crippen molar-refractivity contribution >= 4 is 21.7 Å². The second-order valence-corrected chi connectivity index (χ2v) is 7.81. The molecule has 0 radical (unpaired) electrons. The van der Waals surface area contributed by atoms with Gasteiger partial charge in [-0.25, -0.2) is 0 Å². The van der Waals surface area contributed by atoms with Crippen molar-refractivity contribution in [3.63, 3.8) is 0 Å². The average molecular weight is 402 g/mol. The van der Waals surface area contributed by atoms with Crippen LogP contribution in [0.5, 0.6) is 0 Å². The number of rotatable bonds is 2. The van der Waals surface area contributed by atoms with Gasteiger partial charge in [0.05, 0.1) is 11.6 Å². The molecule has 2 atom stereocenters. The Kier molecular flexibility index (Phi) is 4.22. The van der Waals surface area contributed by atoms with Gasteiger partial charge in [-0.15, -0.1) is 0 Å². The largest absolute Gasteiger partial charge is 0.292 e. The van der Waals surface area contributed by atoms with Gasteiger partial charge in [-0.2, -0.15) is 5.26 Å². The van der Waals surface area contributed by atoms with Crippen molar-refractivity contribution in [1.29, 1.82) is 5.26 Å². The van der Waals surface area contributed by atoms with Crippen molar-refractivity contribution in [1.82, 2.24) is 0 Å². The normalized spacial score (nSPS) is 21.7. The number of carbonyl (C=O) groups excluding carboxylic acids is 1. The zero-order chi connectivity index (χ0) is 18.1. The topological polar surface area (TPSA) is 40.9 Å². The first kappa shape index (κ1) is 16.8. The Hall–Kier alpha value is -2.70. The number of nitrogens with zero attached hydrogens (tertiary/aromatic N) is 1. The first-order valence-electron chi connectivity index (χ1n) is 8.52. The van der Waals surface area contributed by atoms with Crippen LogP contribution in [0, 0.1) is 11.3 Å². The van der Waals surface area contributed by atoms with E-state index in [4.69, 9.17) is 5.26 Å². The summed E-state index contributed by atoms with van der Waals surface area (Å²) >= 11 is 3.86. The molecule has 0 saturated carbocycles. The minimum atomic E-state index is -0.823. The highest BCUT2D eigenvalue weighted by Gasteiger charge is 2.49. The molecule has 4 rings (SSSR count). The number of ketones is 1. The number of nitriles is 1. The molecule has 0 heterocycles. The van der Waals surface area contributed by atoms with E-state index in [0.717, 1.165) is 28.7 Å². The Morgan fingerprint density at radius 2 is 1.58 bits per heavy atom. The molecular formula is C23H16BrNO. The van der Waals surface area contributed by atoms with Gasteiger partial charge in [-0.3, -0.25) is 4.79 Å². The fraction of sp³-hybridized carbons (Fsp3) is 0.130. The summed E-state index contributed by atoms with van der Waals surface area (Å²) in [6, 6.07) is 27.4. The summed E-state index contributed by atoms with van der Waals surface area (Å²) < 4.78 is -0.823. The fourth-order valence-electron chi connectivity index (χ4n) is 3.79. The van der Waals surface area contributed by atoms with E-state index in [0.29, 0.717) is 5.56 Å². The predicted octanol–water partition coefficient (Wildman–Crippen LogP) is 5.37. The molecule has 3 aromatic rings. The predicted molar refractivity (Wildman–Crippen MR) is 105 cm³/mol. The number of hydrogen-bond donors (Lipinski definition) is 0. The van der Waals surface area contributed by atoms with Crippen LogP contribution in [0.15, 0.2) is 78.9 Å². The van der Waals surface area contributed by atoms with Crippen molar-refractivity contribution in [2.45, 2.75) is 16.7 Å². The molecule has 1 aliphatic carbocycles. The number of Topliss-reactive ketones (excluding diaryl/α,β-unsaturated/α-hetero) is 1. The van der Waals surface area contributed by atoms with Crippen molar-refractivity contribution < 1.29 is 4.79 Å². The molecule has 26 heavy (non-hydrogen) atoms. The zero-order valence-corrected chi connectivity index (χ0v) is 15.6. The van der Waals surface area contributed by atoms with Gasteiger partial charge in [0.15, 0.2) is 5.78 Å². The Morgan fingerprint density at radius 1 is 0.923 bits per heavy atom. The SMILES string of the molecule is N#Cc1ccc(C2Cc3ccccc3C(=O)C2(Br)c2ccccc2)cc1. The summed E-state index contributed by atoms with van der Waals surface area (Å²) in [6.45, 7) is 0. The fourth-order valence-corrected chi connectivity index (χ4v) is 4.69. The maximum Gasteiger partial charge on any atom is 0.184 e. The van der Waals surface area contributed by atoms with Gasteiger partial charge in [0.1, 0.15) is 4.32 Å². The molecule has 0 N–H and O–H groups in total. The lowest BCUT2D eigenvalue weighted by Crippen LogP contribution is -2.41. The van der Waals surface area contributed by atoms with E-state index in [2.05, 4.69) is 22.0 Å². The smallest absolute Gasteiger partial charge is 0.184 e. The molecule has 126 valence electrons. The molecule has 0 fully saturated rings. The first-order valence-corrected chi connectivity index (χ1v) is 9.31. The number of halogens is 1. The minimum absolute atomic E-state index is 0.0555. The zero-order valence-electron chi connectivity index (χ0n) is 14.0. The number of fused-ring (bicyclic) bond motifs is 1. The van der Waals surface area contributed by atoms with E-state index in [-0.39, 0.29) is 11.7 Å². The summed E-state index contributed by atoms with van der Waals surface area (Å²) in [7, 11) is 0. The van der Waals surface area contributed by atoms with Crippen molar-refractivity contribution in [2.75, 3.05) is 0 Å². The third-order valence-corrected chi connectivity index (χ3v) is 6.50. The first-order chi connectivity index (χ1) is 12.6. The number of benzene rings is 3. The van der Waals surface area contributed by atoms with Crippen LogP contribution < -0.4 is 0 Å². The van der Waals surface area contributed by atoms with Crippen LogP contribution in [0.1, 0.15) is 38.5 Å². The molecular weight excluding hydrogens is 386 g/mol. The number of carbonyl (C=O) groups is 1. The Labute approximate surface area is 161 Å². The maximum atomic E-state index is 13.5. The van der Waals surface area contributed by atoms with Crippen LogP contribution in [-0.2, 0) is 10.7 Å². The van der Waals surface area contributed by atoms with Gasteiger partial charge in [0.2, 0.25) is 0 Å². The van der Waals surface area contributed by atoms with E-state index in [9.17, 15) is 4.79 Å². The highest BCUT2D eigenvalue weighted by molar-refractivity contribution is 9.10. The van der Waals surface area contributed by atoms with Gasteiger partial charge in [-0.1, -0.05) is 82.7 Å². The van der Waals surface area contributed by atoms with Crippen LogP contribution in [0.3, 0.4) is 0 Å². The third kappa shape index (κ3) is 2.58. The monoisotopic (exact) mass is 401 g/mol. The van der Waals surface area contributed by atoms with E-state index in [1.807, 2.05) is 78.9 Å². The van der Waals surface area contributed by atoms with E-state index >= 15 is 0 Å². The highest BCUT2D eigenvalue weighted by Crippen LogP contribution is 2.51. The van der Waals surface area contributed by atoms with Crippen LogP contribution in [0.4, 0.5) is 0 Å². The molecule has 0 bridgehead atoms. The second-order valence-electron chi connectivity index (χ2n) is 6.55. The summed E-state index contributed by atoms with van der Waals surface area (Å²) in [5, 5.41) is 9.08. The van der Waals surface area contributed by atoms with Crippen LogP contribution in [0.2, 0.25) is 0 Å². The molecule has 2 nitrogen and oxygen atoms in total. The maximum absolute atomic E-state index is 13.5. The lowest BCUT2D eigenvalue weighted by molar-refractivity contribution is 0.0917. The molecule has 3 heteroatoms. The van der Waals surface area contributed by atoms with E-state index < -0.39 is 4.32 Å². The summed E-state index contributed by atoms with van der Waals surface area (Å²) in [5.41, 5.74) is 4.47. The van der Waals surface area contributed by atoms with Gasteiger partial charge in [0, 0.05) is 11.5 Å². The van der Waals surface area contributed by atoms with E-state index in [1.54, 1.807) is 0 Å². The minimum Gasteiger partial charge on any atom is -0.292 e. The number of hydrogen-bond acceptors (Lipinski definition) is 2. The van der Waals surface area contributed by atoms with Crippen molar-refractivity contribution in [3.8, 4) is 6.07 Å². The molecule has 0 aromatic heterocycles. The Morgan fingerprint density at radius 3 is 2.27 bits per heavy atom. The van der Waals surface area contributed by atoms with Crippen LogP contribution in [-0.4, -0.2) is 5.78 Å². The highest BCUT2D eigenvalue weighted by atomic mass is 79.9. The quantitative estimate of drug-likeness (QED) is 0.541. The molecule has 0 amide bonds. The van der Waals surface area contributed by atoms with Crippen molar-refractivity contribution in [2.24, 2.45) is 0 Å². The van der Waals surface area contributed by atoms with Gasteiger partial charge >= 0.3 is 0 Å². The van der Waals surface area contributed by atoms with Gasteiger partial charge in [0.25, 0.3) is 0 Å².